The molecule has 12 nitrogen and oxygen atoms in total. The van der Waals surface area contributed by atoms with Gasteiger partial charge in [-0.3, -0.25) is 0 Å². The summed E-state index contributed by atoms with van der Waals surface area (Å²) < 4.78 is 104. The molecule has 0 amide bonds. The molecule has 0 saturated carbocycles. The molecule has 0 bridgehead atoms. The third-order valence-corrected chi connectivity index (χ3v) is 0. The molecule has 0 aliphatic heterocycles. The Morgan fingerprint density at radius 2 is 0.438 bits per heavy atom. The monoisotopic (exact) mass is 680 g/mol. The number of hydrogen-bond acceptors (Lipinski definition) is 12. The molecule has 0 N–H and O–H groups in total. The summed E-state index contributed by atoms with van der Waals surface area (Å²) in [6, 6.07) is 0. The van der Waals surface area contributed by atoms with Crippen molar-refractivity contribution < 1.29 is 60.5 Å². The number of rotatable bonds is 0. The quantitative estimate of drug-likeness (QED) is 0.218. The van der Waals surface area contributed by atoms with E-state index in [1.165, 1.54) is 0 Å². The second kappa shape index (κ2) is 10.5. The van der Waals surface area contributed by atoms with E-state index in [4.69, 9.17) is 39.5 Å². The summed E-state index contributed by atoms with van der Waals surface area (Å²) in [5.41, 5.74) is 0. The van der Waals surface area contributed by atoms with Crippen LogP contribution < -0.4 is 20.8 Å². The van der Waals surface area contributed by atoms with Crippen molar-refractivity contribution in [1.29, 1.82) is 0 Å². The van der Waals surface area contributed by atoms with Crippen molar-refractivity contribution >= 4 is 56.9 Å². The zero-order valence-corrected chi connectivity index (χ0v) is 15.5. The smallest absolute Gasteiger partial charge is 6.00 e. The van der Waals surface area contributed by atoms with Crippen LogP contribution in [-0.2, 0) is 39.7 Å². The minimum absolute atomic E-state index is 0. The Balaban J connectivity index is -0.0000000655. The summed E-state index contributed by atoms with van der Waals surface area (Å²) >= 11 is -18.1. The zero-order chi connectivity index (χ0) is 13.5. The van der Waals surface area contributed by atoms with Crippen LogP contribution in [0.2, 0.25) is 0 Å². The van der Waals surface area contributed by atoms with Gasteiger partial charge < -0.3 is 0 Å². The first-order valence-electron chi connectivity index (χ1n) is 2.00. The molecule has 0 aromatic carbocycles. The molecule has 16 heavy (non-hydrogen) atoms. The van der Waals surface area contributed by atoms with Crippen molar-refractivity contribution in [2.45, 2.75) is 0 Å². The van der Waals surface area contributed by atoms with Gasteiger partial charge in [-0.15, -0.1) is 0 Å². The van der Waals surface area contributed by atoms with Crippen LogP contribution in [0.3, 0.4) is 0 Å². The summed E-state index contributed by atoms with van der Waals surface area (Å²) in [7, 11) is 0. The Morgan fingerprint density at radius 1 is 0.438 bits per heavy atom. The molecule has 0 unspecified atom stereocenters. The van der Waals surface area contributed by atoms with Gasteiger partial charge in [0, 0.05) is 0 Å². The molecular formula is MoO12Te3. The van der Waals surface area contributed by atoms with Crippen LogP contribution in [-0.4, -0.2) is 56.9 Å². The molecule has 0 saturated heterocycles. The van der Waals surface area contributed by atoms with E-state index < -0.39 is 56.9 Å². The van der Waals surface area contributed by atoms with E-state index in [0.717, 1.165) is 0 Å². The molecule has 16 heteroatoms. The molecule has 0 fully saturated rings. The molecule has 0 aromatic heterocycles. The topological polar surface area (TPSA) is 241 Å². The van der Waals surface area contributed by atoms with E-state index in [0.29, 0.717) is 0 Å². The van der Waals surface area contributed by atoms with Crippen LogP contribution in [0.5, 0.6) is 0 Å². The first-order valence-corrected chi connectivity index (χ1v) is 13.4. The van der Waals surface area contributed by atoms with Crippen LogP contribution in [0, 0.1) is 0 Å². The maximum absolute atomic E-state index is 8.63. The van der Waals surface area contributed by atoms with Crippen molar-refractivity contribution in [2.24, 2.45) is 0 Å². The van der Waals surface area contributed by atoms with E-state index in [1.807, 2.05) is 0 Å². The molecule has 0 aromatic rings. The Hall–Kier alpha value is 1.62. The van der Waals surface area contributed by atoms with Gasteiger partial charge in [0.2, 0.25) is 0 Å². The third-order valence-electron chi connectivity index (χ3n) is 0. The third kappa shape index (κ3) is 1280. The van der Waals surface area contributed by atoms with Crippen LogP contribution in [0.25, 0.3) is 0 Å². The maximum atomic E-state index is 8.63. The number of hydrogen-bond donors (Lipinski definition) is 0. The van der Waals surface area contributed by atoms with E-state index in [-0.39, 0.29) is 21.1 Å². The van der Waals surface area contributed by atoms with Crippen molar-refractivity contribution in [3.63, 3.8) is 0 Å². The predicted octanol–water partition coefficient (Wildman–Crippen LogP) is -8.99. The second-order valence-corrected chi connectivity index (χ2v) is 8.22. The van der Waals surface area contributed by atoms with Gasteiger partial charge in [-0.25, -0.2) is 0 Å². The van der Waals surface area contributed by atoms with Crippen molar-refractivity contribution in [3.8, 4) is 0 Å². The van der Waals surface area contributed by atoms with Crippen LogP contribution in [0.4, 0.5) is 0 Å². The van der Waals surface area contributed by atoms with Gasteiger partial charge in [-0.05, 0) is 0 Å². The Morgan fingerprint density at radius 3 is 0.438 bits per heavy atom. The van der Waals surface area contributed by atoms with E-state index in [1.54, 1.807) is 0 Å². The minimum atomic E-state index is -6.02. The van der Waals surface area contributed by atoms with E-state index in [2.05, 4.69) is 0 Å². The van der Waals surface area contributed by atoms with Gasteiger partial charge in [-0.2, -0.15) is 0 Å². The van der Waals surface area contributed by atoms with E-state index >= 15 is 0 Å². The van der Waals surface area contributed by atoms with Crippen LogP contribution in [0.1, 0.15) is 0 Å². The Labute approximate surface area is 116 Å². The fourth-order valence-corrected chi connectivity index (χ4v) is 0. The normalized spacial score (nSPS) is 10.9. The molecule has 0 heterocycles. The van der Waals surface area contributed by atoms with Gasteiger partial charge in [0.15, 0.2) is 0 Å². The predicted molar refractivity (Wildman–Crippen MR) is 21.4 cm³/mol. The maximum Gasteiger partial charge on any atom is 6.00 e. The first-order chi connectivity index (χ1) is 6.00. The van der Waals surface area contributed by atoms with Gasteiger partial charge in [-0.1, -0.05) is 0 Å². The summed E-state index contributed by atoms with van der Waals surface area (Å²) in [4.78, 5) is 0. The molecule has 0 aliphatic carbocycles. The summed E-state index contributed by atoms with van der Waals surface area (Å²) in [6.45, 7) is 0. The van der Waals surface area contributed by atoms with Crippen LogP contribution in [0.15, 0.2) is 0 Å². The fraction of sp³-hybridized carbons (Fsp3) is 0. The molecule has 0 spiro atoms. The van der Waals surface area contributed by atoms with E-state index in [9.17, 15) is 0 Å². The Bertz CT molecular complexity index is 337. The molecular weight excluding hydrogens is 671 g/mol. The van der Waals surface area contributed by atoms with Crippen molar-refractivity contribution in [2.75, 3.05) is 0 Å². The standard InChI is InChI=1S/Mo.3H2O4Te/c;3*1-5(2,3)4/h;3*(H2,1,2,3,4)/q+6;;;/p-6. The molecule has 96 valence electrons. The second-order valence-electron chi connectivity index (χ2n) is 1.22. The Kier molecular flexibility index (Phi) is 17.3. The fourth-order valence-electron chi connectivity index (χ4n) is 0. The van der Waals surface area contributed by atoms with Gasteiger partial charge in [0.25, 0.3) is 0 Å². The zero-order valence-electron chi connectivity index (χ0n) is 6.53. The summed E-state index contributed by atoms with van der Waals surface area (Å²) in [6.07, 6.45) is 0. The van der Waals surface area contributed by atoms with Gasteiger partial charge in [0.05, 0.1) is 0 Å². The minimum Gasteiger partial charge on any atom is 6.00 e. The summed E-state index contributed by atoms with van der Waals surface area (Å²) in [5, 5.41) is 0. The average Bonchev–Trinajstić information content (AvgIpc) is 1.41. The molecule has 0 atom stereocenters. The largest absolute Gasteiger partial charge is 6.00 e. The molecule has 0 rings (SSSR count). The van der Waals surface area contributed by atoms with Crippen molar-refractivity contribution in [1.82, 2.24) is 0 Å². The SMILES string of the molecule is O=[Te](=O)([O-])[O-].O=[Te](=O)([O-])[O-].O=[Te](=O)([O-])[O-].[Mo+6]. The van der Waals surface area contributed by atoms with Crippen LogP contribution >= 0.6 is 0 Å². The van der Waals surface area contributed by atoms with Crippen molar-refractivity contribution in [3.05, 3.63) is 0 Å². The summed E-state index contributed by atoms with van der Waals surface area (Å²) in [5.74, 6) is 0. The molecule has 0 aliphatic rings. The average molecular weight is 671 g/mol. The van der Waals surface area contributed by atoms with Gasteiger partial charge in [0.1, 0.15) is 0 Å². The molecule has 0 radical (unpaired) electrons. The first kappa shape index (κ1) is 26.2. The van der Waals surface area contributed by atoms with Gasteiger partial charge >= 0.3 is 117 Å².